The molecule has 0 fully saturated rings. The van der Waals surface area contributed by atoms with Crippen LogP contribution >= 0.6 is 11.8 Å². The highest BCUT2D eigenvalue weighted by molar-refractivity contribution is 7.99. The van der Waals surface area contributed by atoms with E-state index in [2.05, 4.69) is 20.2 Å². The quantitative estimate of drug-likeness (QED) is 0.828. The number of nitrogen functional groups attached to an aromatic ring is 1. The van der Waals surface area contributed by atoms with Gasteiger partial charge in [0.25, 0.3) is 0 Å². The van der Waals surface area contributed by atoms with Crippen molar-refractivity contribution >= 4 is 17.7 Å². The van der Waals surface area contributed by atoms with Gasteiger partial charge in [-0.15, -0.1) is 5.10 Å². The Morgan fingerprint density at radius 2 is 2.14 bits per heavy atom. The number of hydrogen-bond acceptors (Lipinski definition) is 6. The van der Waals surface area contributed by atoms with Crippen molar-refractivity contribution < 1.29 is 13.2 Å². The number of nitrogens with one attached hydrogen (secondary N) is 1. The number of aromatic amines is 1. The standard InChI is InChI=1S/C10H11F3N6OS/c1-2-3-19-8(20)17-18-9(19)21-6-4-5(10(11,12)13)15-7(14)16-6/h4H,2-3H2,1H3,(H,17,20)(H2,14,15,16). The first-order chi connectivity index (χ1) is 9.81. The van der Waals surface area contributed by atoms with Crippen molar-refractivity contribution in [2.75, 3.05) is 5.73 Å². The van der Waals surface area contributed by atoms with Gasteiger partial charge in [-0.3, -0.25) is 4.57 Å². The third-order valence-corrected chi connectivity index (χ3v) is 3.29. The minimum atomic E-state index is -4.62. The lowest BCUT2D eigenvalue weighted by Crippen LogP contribution is -2.17. The van der Waals surface area contributed by atoms with Gasteiger partial charge >= 0.3 is 11.9 Å². The van der Waals surface area contributed by atoms with Crippen LogP contribution in [0.2, 0.25) is 0 Å². The van der Waals surface area contributed by atoms with E-state index in [1.54, 1.807) is 0 Å². The highest BCUT2D eigenvalue weighted by Gasteiger charge is 2.33. The molecule has 0 unspecified atom stereocenters. The molecule has 0 aliphatic rings. The predicted molar refractivity (Wildman–Crippen MR) is 68.7 cm³/mol. The second-order valence-electron chi connectivity index (χ2n) is 4.01. The fraction of sp³-hybridized carbons (Fsp3) is 0.400. The minimum absolute atomic E-state index is 0.0359. The van der Waals surface area contributed by atoms with Crippen LogP contribution in [0.5, 0.6) is 0 Å². The van der Waals surface area contributed by atoms with E-state index in [4.69, 9.17) is 5.73 Å². The molecular formula is C10H11F3N6OS. The minimum Gasteiger partial charge on any atom is -0.368 e. The van der Waals surface area contributed by atoms with E-state index in [0.29, 0.717) is 13.0 Å². The number of nitrogens with zero attached hydrogens (tertiary/aromatic N) is 4. The fourth-order valence-corrected chi connectivity index (χ4v) is 2.41. The molecule has 2 aromatic heterocycles. The van der Waals surface area contributed by atoms with Crippen molar-refractivity contribution in [3.8, 4) is 0 Å². The zero-order valence-electron chi connectivity index (χ0n) is 10.8. The number of hydrogen-bond donors (Lipinski definition) is 2. The Labute approximate surface area is 120 Å². The maximum Gasteiger partial charge on any atom is 0.433 e. The maximum absolute atomic E-state index is 12.7. The normalized spacial score (nSPS) is 11.8. The van der Waals surface area contributed by atoms with Crippen LogP contribution in [0.4, 0.5) is 19.1 Å². The van der Waals surface area contributed by atoms with Gasteiger partial charge in [0.2, 0.25) is 5.95 Å². The van der Waals surface area contributed by atoms with Crippen LogP contribution in [0.15, 0.2) is 21.0 Å². The number of nitrogens with two attached hydrogens (primary N) is 1. The Balaban J connectivity index is 2.36. The van der Waals surface area contributed by atoms with Gasteiger partial charge in [-0.2, -0.15) is 13.2 Å². The summed E-state index contributed by atoms with van der Waals surface area (Å²) in [6.07, 6.45) is -3.95. The molecule has 0 atom stereocenters. The Morgan fingerprint density at radius 1 is 1.43 bits per heavy atom. The molecule has 11 heteroatoms. The van der Waals surface area contributed by atoms with E-state index in [9.17, 15) is 18.0 Å². The van der Waals surface area contributed by atoms with Crippen molar-refractivity contribution in [2.24, 2.45) is 0 Å². The van der Waals surface area contributed by atoms with Crippen molar-refractivity contribution in [3.63, 3.8) is 0 Å². The highest BCUT2D eigenvalue weighted by atomic mass is 32.2. The zero-order valence-corrected chi connectivity index (χ0v) is 11.6. The SMILES string of the molecule is CCCn1c(Sc2cc(C(F)(F)F)nc(N)n2)n[nH]c1=O. The summed E-state index contributed by atoms with van der Waals surface area (Å²) in [5.74, 6) is -0.493. The third kappa shape index (κ3) is 3.54. The molecule has 21 heavy (non-hydrogen) atoms. The number of H-pyrrole nitrogens is 1. The third-order valence-electron chi connectivity index (χ3n) is 2.38. The van der Waals surface area contributed by atoms with Crippen molar-refractivity contribution in [1.29, 1.82) is 0 Å². The van der Waals surface area contributed by atoms with Crippen LogP contribution < -0.4 is 11.4 Å². The topological polar surface area (TPSA) is 102 Å². The van der Waals surface area contributed by atoms with Crippen LogP contribution in [0, 0.1) is 0 Å². The lowest BCUT2D eigenvalue weighted by molar-refractivity contribution is -0.141. The molecule has 2 rings (SSSR count). The van der Waals surface area contributed by atoms with E-state index in [1.807, 2.05) is 6.92 Å². The summed E-state index contributed by atoms with van der Waals surface area (Å²) in [6.45, 7) is 2.25. The molecule has 0 saturated heterocycles. The summed E-state index contributed by atoms with van der Waals surface area (Å²) in [7, 11) is 0. The second kappa shape index (κ2) is 5.76. The summed E-state index contributed by atoms with van der Waals surface area (Å²) in [5, 5.41) is 6.18. The number of halogens is 3. The average molecular weight is 320 g/mol. The van der Waals surface area contributed by atoms with Crippen LogP contribution in [0.1, 0.15) is 19.0 Å². The number of aromatic nitrogens is 5. The molecule has 0 saturated carbocycles. The largest absolute Gasteiger partial charge is 0.433 e. The fourth-order valence-electron chi connectivity index (χ4n) is 1.54. The predicted octanol–water partition coefficient (Wildman–Crippen LogP) is 1.52. The summed E-state index contributed by atoms with van der Waals surface area (Å²) in [6, 6.07) is 0.760. The molecule has 2 heterocycles. The molecule has 114 valence electrons. The van der Waals surface area contributed by atoms with Gasteiger partial charge < -0.3 is 5.73 Å². The van der Waals surface area contributed by atoms with Crippen LogP contribution in [-0.4, -0.2) is 24.7 Å². The molecular weight excluding hydrogens is 309 g/mol. The van der Waals surface area contributed by atoms with Gasteiger partial charge in [-0.1, -0.05) is 6.92 Å². The first-order valence-electron chi connectivity index (χ1n) is 5.86. The first-order valence-corrected chi connectivity index (χ1v) is 6.67. The smallest absolute Gasteiger partial charge is 0.368 e. The molecule has 2 aromatic rings. The van der Waals surface area contributed by atoms with E-state index >= 15 is 0 Å². The van der Waals surface area contributed by atoms with Gasteiger partial charge in [0.15, 0.2) is 10.9 Å². The Bertz CT molecular complexity index is 695. The van der Waals surface area contributed by atoms with Gasteiger partial charge in [0.1, 0.15) is 5.03 Å². The summed E-state index contributed by atoms with van der Waals surface area (Å²) < 4.78 is 39.3. The van der Waals surface area contributed by atoms with Crippen LogP contribution in [-0.2, 0) is 12.7 Å². The number of alkyl halides is 3. The molecule has 0 spiro atoms. The maximum atomic E-state index is 12.7. The van der Waals surface area contributed by atoms with Gasteiger partial charge in [-0.05, 0) is 18.2 Å². The number of anilines is 1. The second-order valence-corrected chi connectivity index (χ2v) is 5.00. The average Bonchev–Trinajstić information content (AvgIpc) is 2.70. The molecule has 7 nitrogen and oxygen atoms in total. The first kappa shape index (κ1) is 15.4. The molecule has 0 bridgehead atoms. The van der Waals surface area contributed by atoms with Crippen LogP contribution in [0.25, 0.3) is 0 Å². The van der Waals surface area contributed by atoms with Gasteiger partial charge in [0.05, 0.1) is 0 Å². The van der Waals surface area contributed by atoms with E-state index in [0.717, 1.165) is 17.8 Å². The lowest BCUT2D eigenvalue weighted by atomic mass is 10.4. The van der Waals surface area contributed by atoms with E-state index in [-0.39, 0.29) is 10.2 Å². The number of rotatable bonds is 4. The molecule has 3 N–H and O–H groups in total. The molecule has 0 amide bonds. The van der Waals surface area contributed by atoms with Gasteiger partial charge in [0, 0.05) is 12.6 Å². The molecule has 0 aliphatic heterocycles. The van der Waals surface area contributed by atoms with E-state index < -0.39 is 23.5 Å². The summed E-state index contributed by atoms with van der Waals surface area (Å²) in [5.41, 5.74) is 3.71. The molecule has 0 aromatic carbocycles. The molecule has 0 aliphatic carbocycles. The van der Waals surface area contributed by atoms with Gasteiger partial charge in [-0.25, -0.2) is 19.9 Å². The van der Waals surface area contributed by atoms with Crippen molar-refractivity contribution in [3.05, 3.63) is 22.2 Å². The highest BCUT2D eigenvalue weighted by Crippen LogP contribution is 2.32. The lowest BCUT2D eigenvalue weighted by Gasteiger charge is -2.08. The Morgan fingerprint density at radius 3 is 2.76 bits per heavy atom. The zero-order chi connectivity index (χ0) is 15.6. The van der Waals surface area contributed by atoms with Crippen LogP contribution in [0.3, 0.4) is 0 Å². The van der Waals surface area contributed by atoms with E-state index in [1.165, 1.54) is 4.57 Å². The van der Waals surface area contributed by atoms with Crippen molar-refractivity contribution in [2.45, 2.75) is 36.2 Å². The van der Waals surface area contributed by atoms with Crippen molar-refractivity contribution in [1.82, 2.24) is 24.7 Å². The monoisotopic (exact) mass is 320 g/mol. The summed E-state index contributed by atoms with van der Waals surface area (Å²) >= 11 is 0.809. The summed E-state index contributed by atoms with van der Waals surface area (Å²) in [4.78, 5) is 18.4. The Hall–Kier alpha value is -2.04. The molecule has 0 radical (unpaired) electrons. The Kier molecular flexibility index (Phi) is 4.21.